The fraction of sp³-hybridized carbons (Fsp3) is 0.333. The SMILES string of the molecule is COc1ccc(/C=C/C(=O)N[C@@H](Cc2ccc(F)cc2)C(=O)N[C@H](C=O)CC2CCCNC2=O)cc1. The van der Waals surface area contributed by atoms with E-state index in [2.05, 4.69) is 16.0 Å². The molecule has 0 bridgehead atoms. The van der Waals surface area contributed by atoms with E-state index >= 15 is 0 Å². The quantitative estimate of drug-likeness (QED) is 0.327. The van der Waals surface area contributed by atoms with Crippen LogP contribution in [0.1, 0.15) is 30.4 Å². The molecule has 0 spiro atoms. The Balaban J connectivity index is 1.69. The fourth-order valence-electron chi connectivity index (χ4n) is 3.97. The molecule has 0 aliphatic carbocycles. The highest BCUT2D eigenvalue weighted by Crippen LogP contribution is 2.17. The number of methoxy groups -OCH3 is 1. The number of hydrogen-bond donors (Lipinski definition) is 3. The molecule has 3 rings (SSSR count). The Labute approximate surface area is 209 Å². The minimum Gasteiger partial charge on any atom is -0.497 e. The largest absolute Gasteiger partial charge is 0.497 e. The average Bonchev–Trinajstić information content (AvgIpc) is 2.89. The minimum absolute atomic E-state index is 0.0870. The van der Waals surface area contributed by atoms with Crippen LogP contribution in [0, 0.1) is 11.7 Å². The lowest BCUT2D eigenvalue weighted by atomic mass is 9.92. The maximum absolute atomic E-state index is 13.3. The third-order valence-corrected chi connectivity index (χ3v) is 5.96. The lowest BCUT2D eigenvalue weighted by molar-refractivity contribution is -0.130. The number of halogens is 1. The Morgan fingerprint density at radius 1 is 1.14 bits per heavy atom. The Kier molecular flexibility index (Phi) is 9.73. The van der Waals surface area contributed by atoms with Gasteiger partial charge in [-0.05, 0) is 60.7 Å². The zero-order chi connectivity index (χ0) is 25.9. The zero-order valence-corrected chi connectivity index (χ0v) is 20.0. The third-order valence-electron chi connectivity index (χ3n) is 5.96. The van der Waals surface area contributed by atoms with Crippen molar-refractivity contribution < 1.29 is 28.3 Å². The van der Waals surface area contributed by atoms with E-state index in [-0.39, 0.29) is 24.7 Å². The Bertz CT molecular complexity index is 1090. The molecule has 1 aliphatic heterocycles. The van der Waals surface area contributed by atoms with Crippen LogP contribution in [0.15, 0.2) is 54.6 Å². The summed E-state index contributed by atoms with van der Waals surface area (Å²) in [6, 6.07) is 10.8. The molecular formula is C27H30FN3O5. The number of aldehydes is 1. The number of hydrogen-bond acceptors (Lipinski definition) is 5. The van der Waals surface area contributed by atoms with Gasteiger partial charge in [0.2, 0.25) is 17.7 Å². The lowest BCUT2D eigenvalue weighted by Gasteiger charge is -2.25. The first kappa shape index (κ1) is 26.6. The van der Waals surface area contributed by atoms with Crippen molar-refractivity contribution in [3.05, 3.63) is 71.6 Å². The molecule has 3 N–H and O–H groups in total. The highest BCUT2D eigenvalue weighted by atomic mass is 19.1. The second-order valence-corrected chi connectivity index (χ2v) is 8.62. The predicted octanol–water partition coefficient (Wildman–Crippen LogP) is 2.17. The Morgan fingerprint density at radius 2 is 1.86 bits per heavy atom. The molecule has 1 unspecified atom stereocenters. The van der Waals surface area contributed by atoms with Crippen molar-refractivity contribution >= 4 is 30.1 Å². The molecule has 2 aromatic rings. The van der Waals surface area contributed by atoms with Crippen LogP contribution in [-0.4, -0.2) is 49.7 Å². The van der Waals surface area contributed by atoms with Crippen LogP contribution in [-0.2, 0) is 25.6 Å². The van der Waals surface area contributed by atoms with E-state index in [0.717, 1.165) is 12.0 Å². The third kappa shape index (κ3) is 8.04. The van der Waals surface area contributed by atoms with Gasteiger partial charge in [-0.25, -0.2) is 4.39 Å². The maximum Gasteiger partial charge on any atom is 0.244 e. The van der Waals surface area contributed by atoms with Crippen molar-refractivity contribution in [2.45, 2.75) is 37.8 Å². The molecule has 3 atom stereocenters. The summed E-state index contributed by atoms with van der Waals surface area (Å²) in [7, 11) is 1.56. The van der Waals surface area contributed by atoms with Gasteiger partial charge in [0.15, 0.2) is 0 Å². The molecule has 2 aromatic carbocycles. The summed E-state index contributed by atoms with van der Waals surface area (Å²) >= 11 is 0. The van der Waals surface area contributed by atoms with Gasteiger partial charge in [-0.2, -0.15) is 0 Å². The molecule has 1 saturated heterocycles. The first-order valence-electron chi connectivity index (χ1n) is 11.8. The first-order chi connectivity index (χ1) is 17.4. The van der Waals surface area contributed by atoms with Crippen LogP contribution >= 0.6 is 0 Å². The number of nitrogens with one attached hydrogen (secondary N) is 3. The Hall–Kier alpha value is -4.01. The van der Waals surface area contributed by atoms with E-state index in [4.69, 9.17) is 4.74 Å². The molecule has 0 aromatic heterocycles. The van der Waals surface area contributed by atoms with E-state index in [0.29, 0.717) is 30.6 Å². The molecule has 36 heavy (non-hydrogen) atoms. The van der Waals surface area contributed by atoms with E-state index in [1.165, 1.54) is 30.3 Å². The second-order valence-electron chi connectivity index (χ2n) is 8.62. The number of carbonyl (C=O) groups excluding carboxylic acids is 4. The van der Waals surface area contributed by atoms with Crippen LogP contribution in [0.4, 0.5) is 4.39 Å². The van der Waals surface area contributed by atoms with Crippen molar-refractivity contribution in [2.75, 3.05) is 13.7 Å². The summed E-state index contributed by atoms with van der Waals surface area (Å²) in [5.41, 5.74) is 1.39. The number of amides is 3. The average molecular weight is 496 g/mol. The monoisotopic (exact) mass is 495 g/mol. The number of rotatable bonds is 11. The lowest BCUT2D eigenvalue weighted by Crippen LogP contribution is -2.51. The van der Waals surface area contributed by atoms with Gasteiger partial charge in [-0.1, -0.05) is 24.3 Å². The molecule has 1 fully saturated rings. The van der Waals surface area contributed by atoms with Crippen LogP contribution in [0.2, 0.25) is 0 Å². The normalized spacial score (nSPS) is 17.1. The van der Waals surface area contributed by atoms with Gasteiger partial charge in [0, 0.05) is 25.0 Å². The fourth-order valence-corrected chi connectivity index (χ4v) is 3.97. The molecule has 0 radical (unpaired) electrons. The van der Waals surface area contributed by atoms with Gasteiger partial charge in [-0.3, -0.25) is 14.4 Å². The first-order valence-corrected chi connectivity index (χ1v) is 11.8. The van der Waals surface area contributed by atoms with Crippen molar-refractivity contribution in [3.8, 4) is 5.75 Å². The van der Waals surface area contributed by atoms with Crippen molar-refractivity contribution in [3.63, 3.8) is 0 Å². The molecule has 1 aliphatic rings. The summed E-state index contributed by atoms with van der Waals surface area (Å²) < 4.78 is 18.5. The van der Waals surface area contributed by atoms with Gasteiger partial charge in [0.05, 0.1) is 13.2 Å². The van der Waals surface area contributed by atoms with E-state index in [9.17, 15) is 23.6 Å². The number of carbonyl (C=O) groups is 4. The van der Waals surface area contributed by atoms with E-state index < -0.39 is 29.7 Å². The summed E-state index contributed by atoms with van der Waals surface area (Å²) in [5, 5.41) is 8.07. The molecule has 1 heterocycles. The van der Waals surface area contributed by atoms with E-state index in [1.807, 2.05) is 0 Å². The zero-order valence-electron chi connectivity index (χ0n) is 20.0. The highest BCUT2D eigenvalue weighted by Gasteiger charge is 2.28. The van der Waals surface area contributed by atoms with Crippen molar-refractivity contribution in [1.29, 1.82) is 0 Å². The molecular weight excluding hydrogens is 465 g/mol. The van der Waals surface area contributed by atoms with Gasteiger partial charge in [0.1, 0.15) is 23.9 Å². The van der Waals surface area contributed by atoms with Gasteiger partial charge >= 0.3 is 0 Å². The number of piperidine rings is 1. The van der Waals surface area contributed by atoms with Gasteiger partial charge in [0.25, 0.3) is 0 Å². The molecule has 9 heteroatoms. The highest BCUT2D eigenvalue weighted by molar-refractivity contribution is 5.96. The van der Waals surface area contributed by atoms with E-state index in [1.54, 1.807) is 37.5 Å². The van der Waals surface area contributed by atoms with Gasteiger partial charge < -0.3 is 25.5 Å². The maximum atomic E-state index is 13.3. The summed E-state index contributed by atoms with van der Waals surface area (Å²) in [6.45, 7) is 0.600. The summed E-state index contributed by atoms with van der Waals surface area (Å²) in [4.78, 5) is 49.5. The van der Waals surface area contributed by atoms with Crippen LogP contribution in [0.25, 0.3) is 6.08 Å². The number of ether oxygens (including phenoxy) is 1. The predicted molar refractivity (Wildman–Crippen MR) is 132 cm³/mol. The standard InChI is InChI=1S/C27H30FN3O5/c1-36-23-11-6-18(7-12-23)8-13-25(33)31-24(15-19-4-9-21(28)10-5-19)27(35)30-22(17-32)16-20-3-2-14-29-26(20)34/h4-13,17,20,22,24H,2-3,14-16H2,1H3,(H,29,34)(H,30,35)(H,31,33)/b13-8+/t20?,22-,24-/m0/s1. The van der Waals surface area contributed by atoms with Crippen LogP contribution < -0.4 is 20.7 Å². The number of benzene rings is 2. The molecule has 3 amide bonds. The summed E-state index contributed by atoms with van der Waals surface area (Å²) in [5.74, 6) is -1.32. The smallest absolute Gasteiger partial charge is 0.244 e. The van der Waals surface area contributed by atoms with Crippen LogP contribution in [0.5, 0.6) is 5.75 Å². The Morgan fingerprint density at radius 3 is 2.50 bits per heavy atom. The molecule has 190 valence electrons. The van der Waals surface area contributed by atoms with Gasteiger partial charge in [-0.15, -0.1) is 0 Å². The summed E-state index contributed by atoms with van der Waals surface area (Å²) in [6.07, 6.45) is 5.20. The van der Waals surface area contributed by atoms with Crippen molar-refractivity contribution in [2.24, 2.45) is 5.92 Å². The molecule has 0 saturated carbocycles. The topological polar surface area (TPSA) is 114 Å². The second kappa shape index (κ2) is 13.2. The minimum atomic E-state index is -1.02. The van der Waals surface area contributed by atoms with Crippen LogP contribution in [0.3, 0.4) is 0 Å². The molecule has 8 nitrogen and oxygen atoms in total. The van der Waals surface area contributed by atoms with Crippen molar-refractivity contribution in [1.82, 2.24) is 16.0 Å².